The molecule has 3 rings (SSSR count). The number of H-pyrrole nitrogens is 1. The van der Waals surface area contributed by atoms with Gasteiger partial charge in [0.15, 0.2) is 10.8 Å². The van der Waals surface area contributed by atoms with Crippen molar-refractivity contribution in [2.75, 3.05) is 0 Å². The van der Waals surface area contributed by atoms with Gasteiger partial charge in [0.1, 0.15) is 6.33 Å². The van der Waals surface area contributed by atoms with Crippen molar-refractivity contribution in [3.8, 4) is 10.8 Å². The minimum atomic E-state index is 0.226. The number of rotatable bonds is 1. The molecule has 5 heteroatoms. The first-order chi connectivity index (χ1) is 7.17. The van der Waals surface area contributed by atoms with Crippen LogP contribution in [0.3, 0.4) is 0 Å². The van der Waals surface area contributed by atoms with Crippen LogP contribution in [0.15, 0.2) is 6.33 Å². The lowest BCUT2D eigenvalue weighted by atomic mass is 9.91. The molecule has 2 heterocycles. The second-order valence-corrected chi connectivity index (χ2v) is 5.59. The average Bonchev–Trinajstić information content (AvgIpc) is 2.85. The Balaban J connectivity index is 2.09. The summed E-state index contributed by atoms with van der Waals surface area (Å²) in [6.07, 6.45) is 3.87. The van der Waals surface area contributed by atoms with E-state index in [0.717, 1.165) is 17.3 Å². The van der Waals surface area contributed by atoms with Gasteiger partial charge in [-0.15, -0.1) is 11.3 Å². The maximum Gasteiger partial charge on any atom is 0.184 e. The first-order valence-corrected chi connectivity index (χ1v) is 5.84. The highest BCUT2D eigenvalue weighted by molar-refractivity contribution is 7.15. The quantitative estimate of drug-likeness (QED) is 0.801. The van der Waals surface area contributed by atoms with Crippen LogP contribution in [-0.4, -0.2) is 20.2 Å². The van der Waals surface area contributed by atoms with Gasteiger partial charge in [0.2, 0.25) is 0 Å². The molecule has 78 valence electrons. The Morgan fingerprint density at radius 2 is 2.33 bits per heavy atom. The van der Waals surface area contributed by atoms with E-state index in [1.807, 2.05) is 0 Å². The van der Waals surface area contributed by atoms with Crippen LogP contribution in [0.4, 0.5) is 0 Å². The van der Waals surface area contributed by atoms with Crippen molar-refractivity contribution in [1.82, 2.24) is 20.2 Å². The number of hydrogen-bond donors (Lipinski definition) is 1. The van der Waals surface area contributed by atoms with Crippen molar-refractivity contribution in [2.45, 2.75) is 32.1 Å². The van der Waals surface area contributed by atoms with Crippen LogP contribution in [0.25, 0.3) is 10.8 Å². The van der Waals surface area contributed by atoms with Crippen LogP contribution in [0, 0.1) is 0 Å². The normalized spacial score (nSPS) is 18.0. The Morgan fingerprint density at radius 3 is 3.00 bits per heavy atom. The third-order valence-corrected chi connectivity index (χ3v) is 4.05. The third-order valence-electron chi connectivity index (χ3n) is 2.93. The van der Waals surface area contributed by atoms with Crippen LogP contribution in [0.2, 0.25) is 0 Å². The van der Waals surface area contributed by atoms with Gasteiger partial charge >= 0.3 is 0 Å². The van der Waals surface area contributed by atoms with E-state index in [1.54, 1.807) is 11.3 Å². The lowest BCUT2D eigenvalue weighted by molar-refractivity contribution is 0.510. The lowest BCUT2D eigenvalue weighted by Gasteiger charge is -2.15. The molecule has 1 aliphatic carbocycles. The molecule has 0 aliphatic heterocycles. The number of thiazole rings is 1. The smallest absolute Gasteiger partial charge is 0.184 e. The number of aromatic nitrogens is 4. The SMILES string of the molecule is CC1(C)CCc2sc(-c3ncn[nH]3)nc21. The van der Waals surface area contributed by atoms with Gasteiger partial charge in [-0.25, -0.2) is 9.97 Å². The van der Waals surface area contributed by atoms with E-state index in [-0.39, 0.29) is 5.41 Å². The van der Waals surface area contributed by atoms with Gasteiger partial charge < -0.3 is 0 Å². The zero-order chi connectivity index (χ0) is 10.5. The number of nitrogens with one attached hydrogen (secondary N) is 1. The van der Waals surface area contributed by atoms with Crippen molar-refractivity contribution in [3.05, 3.63) is 16.9 Å². The maximum atomic E-state index is 4.67. The van der Waals surface area contributed by atoms with Crippen LogP contribution < -0.4 is 0 Å². The summed E-state index contributed by atoms with van der Waals surface area (Å²) in [5.41, 5.74) is 1.48. The Kier molecular flexibility index (Phi) is 1.74. The molecule has 0 radical (unpaired) electrons. The van der Waals surface area contributed by atoms with Crippen LogP contribution in [0.5, 0.6) is 0 Å². The Bertz CT molecular complexity index is 484. The summed E-state index contributed by atoms with van der Waals surface area (Å²) in [4.78, 5) is 10.2. The predicted molar refractivity (Wildman–Crippen MR) is 58.8 cm³/mol. The highest BCUT2D eigenvalue weighted by Gasteiger charge is 2.34. The fourth-order valence-corrected chi connectivity index (χ4v) is 3.19. The third kappa shape index (κ3) is 1.30. The standard InChI is InChI=1S/C10H12N4S/c1-10(2)4-3-6-7(10)13-9(15-6)8-11-5-12-14-8/h5H,3-4H2,1-2H3,(H,11,12,14). The maximum absolute atomic E-state index is 4.67. The lowest BCUT2D eigenvalue weighted by Crippen LogP contribution is -2.12. The minimum absolute atomic E-state index is 0.226. The van der Waals surface area contributed by atoms with E-state index in [2.05, 4.69) is 34.0 Å². The molecule has 0 bridgehead atoms. The summed E-state index contributed by atoms with van der Waals surface area (Å²) >= 11 is 1.74. The highest BCUT2D eigenvalue weighted by Crippen LogP contribution is 2.42. The molecule has 0 fully saturated rings. The molecule has 2 aromatic heterocycles. The zero-order valence-electron chi connectivity index (χ0n) is 8.74. The molecule has 0 spiro atoms. The fourth-order valence-electron chi connectivity index (χ4n) is 2.00. The van der Waals surface area contributed by atoms with E-state index < -0.39 is 0 Å². The molecule has 0 unspecified atom stereocenters. The summed E-state index contributed by atoms with van der Waals surface area (Å²) in [5.74, 6) is 0.783. The van der Waals surface area contributed by atoms with E-state index in [4.69, 9.17) is 0 Å². The minimum Gasteiger partial charge on any atom is -0.257 e. The monoisotopic (exact) mass is 220 g/mol. The second kappa shape index (κ2) is 2.88. The van der Waals surface area contributed by atoms with E-state index in [0.29, 0.717) is 0 Å². The molecule has 0 aromatic carbocycles. The molecule has 2 aromatic rings. The van der Waals surface area contributed by atoms with Crippen molar-refractivity contribution in [3.63, 3.8) is 0 Å². The number of aromatic amines is 1. The van der Waals surface area contributed by atoms with Gasteiger partial charge in [-0.1, -0.05) is 13.8 Å². The number of fused-ring (bicyclic) bond motifs is 1. The summed E-state index contributed by atoms with van der Waals surface area (Å²) in [7, 11) is 0. The molecule has 0 saturated heterocycles. The number of aryl methyl sites for hydroxylation is 1. The topological polar surface area (TPSA) is 54.5 Å². The molecule has 15 heavy (non-hydrogen) atoms. The first-order valence-electron chi connectivity index (χ1n) is 5.03. The number of hydrogen-bond acceptors (Lipinski definition) is 4. The van der Waals surface area contributed by atoms with E-state index in [1.165, 1.54) is 23.3 Å². The van der Waals surface area contributed by atoms with Crippen LogP contribution >= 0.6 is 11.3 Å². The zero-order valence-corrected chi connectivity index (χ0v) is 9.56. The van der Waals surface area contributed by atoms with E-state index in [9.17, 15) is 0 Å². The van der Waals surface area contributed by atoms with Crippen molar-refractivity contribution in [1.29, 1.82) is 0 Å². The van der Waals surface area contributed by atoms with Gasteiger partial charge in [-0.05, 0) is 12.8 Å². The van der Waals surface area contributed by atoms with E-state index >= 15 is 0 Å². The molecular formula is C10H12N4S. The van der Waals surface area contributed by atoms with Crippen LogP contribution in [0.1, 0.15) is 30.8 Å². The first kappa shape index (κ1) is 9.03. The summed E-state index contributed by atoms with van der Waals surface area (Å²) in [5, 5.41) is 7.67. The summed E-state index contributed by atoms with van der Waals surface area (Å²) in [6, 6.07) is 0. The van der Waals surface area contributed by atoms with Gasteiger partial charge in [0.05, 0.1) is 5.69 Å². The Labute approximate surface area is 91.8 Å². The van der Waals surface area contributed by atoms with Crippen LogP contribution in [-0.2, 0) is 11.8 Å². The number of nitrogens with zero attached hydrogens (tertiary/aromatic N) is 3. The Hall–Kier alpha value is -1.23. The summed E-state index contributed by atoms with van der Waals surface area (Å²) in [6.45, 7) is 4.51. The molecule has 0 saturated carbocycles. The Morgan fingerprint density at radius 1 is 1.47 bits per heavy atom. The van der Waals surface area contributed by atoms with Crippen molar-refractivity contribution >= 4 is 11.3 Å². The van der Waals surface area contributed by atoms with Crippen molar-refractivity contribution in [2.24, 2.45) is 0 Å². The van der Waals surface area contributed by atoms with Gasteiger partial charge in [0, 0.05) is 10.3 Å². The fraction of sp³-hybridized carbons (Fsp3) is 0.500. The van der Waals surface area contributed by atoms with Gasteiger partial charge in [-0.2, -0.15) is 5.10 Å². The largest absolute Gasteiger partial charge is 0.257 e. The molecule has 0 atom stereocenters. The van der Waals surface area contributed by atoms with Gasteiger partial charge in [0.25, 0.3) is 0 Å². The summed E-state index contributed by atoms with van der Waals surface area (Å²) < 4.78 is 0. The molecule has 1 aliphatic rings. The molecular weight excluding hydrogens is 208 g/mol. The molecule has 0 amide bonds. The van der Waals surface area contributed by atoms with Gasteiger partial charge in [-0.3, -0.25) is 5.10 Å². The highest BCUT2D eigenvalue weighted by atomic mass is 32.1. The second-order valence-electron chi connectivity index (χ2n) is 4.51. The predicted octanol–water partition coefficient (Wildman–Crippen LogP) is 2.15. The average molecular weight is 220 g/mol. The molecule has 1 N–H and O–H groups in total. The van der Waals surface area contributed by atoms with Crippen molar-refractivity contribution < 1.29 is 0 Å². The molecule has 4 nitrogen and oxygen atoms in total.